The van der Waals surface area contributed by atoms with Gasteiger partial charge in [-0.25, -0.2) is 0 Å². The molecule has 0 radical (unpaired) electrons. The van der Waals surface area contributed by atoms with Gasteiger partial charge in [0, 0.05) is 16.5 Å². The molecule has 100 valence electrons. The average Bonchev–Trinajstić information content (AvgIpc) is 2.70. The van der Waals surface area contributed by atoms with Gasteiger partial charge in [-0.3, -0.25) is 10.1 Å². The smallest absolute Gasteiger partial charge is 0.258 e. The van der Waals surface area contributed by atoms with Crippen LogP contribution in [0.15, 0.2) is 29.6 Å². The number of nitro benzene ring substituents is 1. The first-order valence-corrected chi connectivity index (χ1v) is 7.78. The summed E-state index contributed by atoms with van der Waals surface area (Å²) in [6, 6.07) is 6.79. The van der Waals surface area contributed by atoms with E-state index in [0.29, 0.717) is 12.0 Å². The fourth-order valence-electron chi connectivity index (χ4n) is 1.81. The molecule has 1 atom stereocenters. The van der Waals surface area contributed by atoms with Gasteiger partial charge in [-0.05, 0) is 24.3 Å². The van der Waals surface area contributed by atoms with E-state index < -0.39 is 0 Å². The van der Waals surface area contributed by atoms with Crippen LogP contribution in [0, 0.1) is 17.0 Å². The Labute approximate surface area is 128 Å². The number of nitrogens with zero attached hydrogens (tertiary/aromatic N) is 1. The van der Waals surface area contributed by atoms with E-state index >= 15 is 0 Å². The second-order valence-corrected chi connectivity index (χ2v) is 6.55. The molecule has 6 heteroatoms. The third-order valence-electron chi connectivity index (χ3n) is 2.80. The lowest BCUT2D eigenvalue weighted by Gasteiger charge is -2.09. The lowest BCUT2D eigenvalue weighted by Crippen LogP contribution is -1.99. The molecule has 0 aliphatic heterocycles. The molecular weight excluding hydrogens is 350 g/mol. The number of alkyl halides is 1. The lowest BCUT2D eigenvalue weighted by molar-refractivity contribution is -0.385. The van der Waals surface area contributed by atoms with Gasteiger partial charge in [0.15, 0.2) is 0 Å². The van der Waals surface area contributed by atoms with Crippen LogP contribution in [0.5, 0.6) is 0 Å². The van der Waals surface area contributed by atoms with Crippen molar-refractivity contribution in [3.8, 4) is 0 Å². The number of hydrogen-bond acceptors (Lipinski definition) is 3. The normalized spacial score (nSPS) is 12.4. The van der Waals surface area contributed by atoms with Crippen LogP contribution >= 0.6 is 38.9 Å². The fourth-order valence-corrected chi connectivity index (χ4v) is 4.14. The predicted molar refractivity (Wildman–Crippen MR) is 82.5 cm³/mol. The van der Waals surface area contributed by atoms with Gasteiger partial charge in [0.2, 0.25) is 0 Å². The second kappa shape index (κ2) is 6.03. The molecule has 0 saturated heterocycles. The molecule has 0 amide bonds. The molecule has 2 rings (SSSR count). The van der Waals surface area contributed by atoms with Crippen molar-refractivity contribution in [3.63, 3.8) is 0 Å². The van der Waals surface area contributed by atoms with Crippen LogP contribution in [-0.4, -0.2) is 4.92 Å². The van der Waals surface area contributed by atoms with Gasteiger partial charge in [0.05, 0.1) is 14.8 Å². The Kier molecular flexibility index (Phi) is 4.60. The third kappa shape index (κ3) is 3.16. The summed E-state index contributed by atoms with van der Waals surface area (Å²) < 4.78 is 0. The zero-order valence-electron chi connectivity index (χ0n) is 10.1. The summed E-state index contributed by atoms with van der Waals surface area (Å²) in [6.45, 7) is 1.95. The summed E-state index contributed by atoms with van der Waals surface area (Å²) in [5, 5.41) is 13.7. The quantitative estimate of drug-likeness (QED) is 0.422. The zero-order chi connectivity index (χ0) is 14.0. The van der Waals surface area contributed by atoms with E-state index in [4.69, 9.17) is 11.6 Å². The number of aryl methyl sites for hydroxylation is 1. The summed E-state index contributed by atoms with van der Waals surface area (Å²) in [5.41, 5.74) is 1.89. The molecule has 19 heavy (non-hydrogen) atoms. The topological polar surface area (TPSA) is 43.1 Å². The van der Waals surface area contributed by atoms with E-state index in [1.807, 2.05) is 18.4 Å². The zero-order valence-corrected chi connectivity index (χ0v) is 13.3. The minimum absolute atomic E-state index is 0.0141. The number of benzene rings is 1. The predicted octanol–water partition coefficient (Wildman–Crippen LogP) is 5.30. The van der Waals surface area contributed by atoms with E-state index in [1.165, 1.54) is 6.07 Å². The molecule has 1 heterocycles. The van der Waals surface area contributed by atoms with E-state index in [-0.39, 0.29) is 15.4 Å². The number of thiophene rings is 1. The maximum atomic E-state index is 11.0. The molecule has 0 aliphatic carbocycles. The Morgan fingerprint density at radius 1 is 1.47 bits per heavy atom. The molecule has 0 spiro atoms. The van der Waals surface area contributed by atoms with Crippen molar-refractivity contribution < 1.29 is 4.92 Å². The van der Waals surface area contributed by atoms with Crippen molar-refractivity contribution >= 4 is 44.6 Å². The van der Waals surface area contributed by atoms with Crippen molar-refractivity contribution in [1.82, 2.24) is 0 Å². The molecule has 1 aromatic carbocycles. The Hall–Kier alpha value is -0.910. The number of nitro groups is 1. The molecule has 0 saturated carbocycles. The van der Waals surface area contributed by atoms with Gasteiger partial charge in [-0.1, -0.05) is 45.7 Å². The Morgan fingerprint density at radius 3 is 2.74 bits per heavy atom. The van der Waals surface area contributed by atoms with Crippen LogP contribution in [0.25, 0.3) is 0 Å². The number of hydrogen-bond donors (Lipinski definition) is 0. The maximum absolute atomic E-state index is 11.0. The van der Waals surface area contributed by atoms with Crippen LogP contribution in [0.1, 0.15) is 20.8 Å². The summed E-state index contributed by atoms with van der Waals surface area (Å²) in [4.78, 5) is 11.6. The largest absolute Gasteiger partial charge is 0.272 e. The summed E-state index contributed by atoms with van der Waals surface area (Å²) in [7, 11) is 0. The first kappa shape index (κ1) is 14.5. The molecule has 0 bridgehead atoms. The Balaban J connectivity index is 2.27. The lowest BCUT2D eigenvalue weighted by atomic mass is 10.1. The van der Waals surface area contributed by atoms with Gasteiger partial charge < -0.3 is 0 Å². The molecule has 1 unspecified atom stereocenters. The molecule has 3 nitrogen and oxygen atoms in total. The van der Waals surface area contributed by atoms with E-state index in [2.05, 4.69) is 15.9 Å². The molecular formula is C13H11BrClNO2S. The monoisotopic (exact) mass is 359 g/mol. The first-order chi connectivity index (χ1) is 9.00. The van der Waals surface area contributed by atoms with E-state index in [9.17, 15) is 10.1 Å². The standard InChI is InChI=1S/C13H11BrClNO2S/c1-8-7-19-13(12(8)15)10(14)6-9-4-2-3-5-11(9)16(17)18/h2-5,7,10H,6H2,1H3. The highest BCUT2D eigenvalue weighted by Gasteiger charge is 2.20. The van der Waals surface area contributed by atoms with Crippen LogP contribution in [0.2, 0.25) is 5.02 Å². The SMILES string of the molecule is Cc1csc(C(Br)Cc2ccccc2[N+](=O)[O-])c1Cl. The van der Waals surface area contributed by atoms with Crippen molar-refractivity contribution in [2.45, 2.75) is 18.2 Å². The highest BCUT2D eigenvalue weighted by Crippen LogP contribution is 2.39. The van der Waals surface area contributed by atoms with Crippen molar-refractivity contribution in [2.75, 3.05) is 0 Å². The van der Waals surface area contributed by atoms with E-state index in [1.54, 1.807) is 23.5 Å². The van der Waals surface area contributed by atoms with Gasteiger partial charge in [-0.2, -0.15) is 0 Å². The number of halogens is 2. The first-order valence-electron chi connectivity index (χ1n) is 5.60. The van der Waals surface area contributed by atoms with Crippen LogP contribution < -0.4 is 0 Å². The van der Waals surface area contributed by atoms with Crippen LogP contribution in [-0.2, 0) is 6.42 Å². The van der Waals surface area contributed by atoms with Gasteiger partial charge in [0.1, 0.15) is 0 Å². The highest BCUT2D eigenvalue weighted by molar-refractivity contribution is 9.09. The minimum atomic E-state index is -0.351. The average molecular weight is 361 g/mol. The Bertz CT molecular complexity index is 614. The van der Waals surface area contributed by atoms with E-state index in [0.717, 1.165) is 15.5 Å². The van der Waals surface area contributed by atoms with Crippen LogP contribution in [0.4, 0.5) is 5.69 Å². The van der Waals surface area contributed by atoms with Crippen molar-refractivity contribution in [3.05, 3.63) is 60.8 Å². The molecule has 0 fully saturated rings. The van der Waals surface area contributed by atoms with Gasteiger partial charge >= 0.3 is 0 Å². The molecule has 1 aromatic heterocycles. The molecule has 2 aromatic rings. The third-order valence-corrected chi connectivity index (χ3v) is 5.71. The van der Waals surface area contributed by atoms with Crippen molar-refractivity contribution in [2.24, 2.45) is 0 Å². The summed E-state index contributed by atoms with van der Waals surface area (Å²) in [5.74, 6) is 0. The van der Waals surface area contributed by atoms with Crippen molar-refractivity contribution in [1.29, 1.82) is 0 Å². The number of para-hydroxylation sites is 1. The number of rotatable bonds is 4. The van der Waals surface area contributed by atoms with Crippen LogP contribution in [0.3, 0.4) is 0 Å². The van der Waals surface area contributed by atoms with Gasteiger partial charge in [-0.15, -0.1) is 11.3 Å². The molecule has 0 N–H and O–H groups in total. The summed E-state index contributed by atoms with van der Waals surface area (Å²) >= 11 is 11.4. The highest BCUT2D eigenvalue weighted by atomic mass is 79.9. The Morgan fingerprint density at radius 2 is 2.16 bits per heavy atom. The molecule has 0 aliphatic rings. The minimum Gasteiger partial charge on any atom is -0.258 e. The summed E-state index contributed by atoms with van der Waals surface area (Å²) in [6.07, 6.45) is 0.539. The fraction of sp³-hybridized carbons (Fsp3) is 0.231. The second-order valence-electron chi connectivity index (χ2n) is 4.15. The van der Waals surface area contributed by atoms with Gasteiger partial charge in [0.25, 0.3) is 5.69 Å². The maximum Gasteiger partial charge on any atom is 0.272 e.